The molecule has 0 saturated carbocycles. The fourth-order valence-electron chi connectivity index (χ4n) is 2.65. The van der Waals surface area contributed by atoms with E-state index in [1.165, 1.54) is 7.05 Å². The van der Waals surface area contributed by atoms with Crippen LogP contribution in [0.3, 0.4) is 0 Å². The summed E-state index contributed by atoms with van der Waals surface area (Å²) in [5.41, 5.74) is 0.943. The smallest absolute Gasteiger partial charge is 0.240 e. The highest BCUT2D eigenvalue weighted by atomic mass is 32.2. The molecule has 0 bridgehead atoms. The molecule has 25 heavy (non-hydrogen) atoms. The fraction of sp³-hybridized carbons (Fsp3) is 0.588. The van der Waals surface area contributed by atoms with Gasteiger partial charge < -0.3 is 10.1 Å². The van der Waals surface area contributed by atoms with E-state index >= 15 is 0 Å². The van der Waals surface area contributed by atoms with E-state index in [2.05, 4.69) is 14.9 Å². The zero-order valence-corrected chi connectivity index (χ0v) is 15.5. The number of hydrogen-bond acceptors (Lipinski definition) is 5. The summed E-state index contributed by atoms with van der Waals surface area (Å²) >= 11 is 0. The average molecular weight is 369 g/mol. The average Bonchev–Trinajstić information content (AvgIpc) is 2.65. The van der Waals surface area contributed by atoms with Crippen LogP contribution in [0.25, 0.3) is 0 Å². The maximum Gasteiger partial charge on any atom is 0.240 e. The molecule has 0 aliphatic carbocycles. The van der Waals surface area contributed by atoms with Gasteiger partial charge in [-0.15, -0.1) is 0 Å². The summed E-state index contributed by atoms with van der Waals surface area (Å²) < 4.78 is 30.9. The molecule has 0 radical (unpaired) electrons. The van der Waals surface area contributed by atoms with Crippen molar-refractivity contribution in [1.29, 1.82) is 0 Å². The van der Waals surface area contributed by atoms with Gasteiger partial charge >= 0.3 is 0 Å². The number of nitrogens with zero attached hydrogens (tertiary/aromatic N) is 1. The predicted octanol–water partition coefficient (Wildman–Crippen LogP) is 0.366. The van der Waals surface area contributed by atoms with Crippen LogP contribution < -0.4 is 10.0 Å². The van der Waals surface area contributed by atoms with E-state index in [1.54, 1.807) is 24.3 Å². The van der Waals surface area contributed by atoms with Crippen LogP contribution in [-0.4, -0.2) is 65.7 Å². The first-order chi connectivity index (χ1) is 12.0. The van der Waals surface area contributed by atoms with E-state index in [9.17, 15) is 13.2 Å². The van der Waals surface area contributed by atoms with Gasteiger partial charge in [-0.2, -0.15) is 0 Å². The second-order valence-corrected chi connectivity index (χ2v) is 7.90. The molecule has 0 aromatic heterocycles. The standard InChI is InChI=1S/C17H27N3O4S/c1-18-25(22,23)16-6-3-15(4-7-16)5-8-17(21)19-9-2-10-20-11-13-24-14-12-20/h3-4,6-7,18H,2,5,8-14H2,1H3,(H,19,21). The lowest BCUT2D eigenvalue weighted by Gasteiger charge is -2.26. The van der Waals surface area contributed by atoms with Crippen LogP contribution >= 0.6 is 0 Å². The zero-order chi connectivity index (χ0) is 18.1. The molecule has 8 heteroatoms. The van der Waals surface area contributed by atoms with Gasteiger partial charge in [-0.25, -0.2) is 13.1 Å². The molecule has 1 fully saturated rings. The molecule has 140 valence electrons. The molecule has 2 rings (SSSR count). The lowest BCUT2D eigenvalue weighted by atomic mass is 10.1. The van der Waals surface area contributed by atoms with E-state index in [0.29, 0.717) is 19.4 Å². The Morgan fingerprint density at radius 3 is 2.52 bits per heavy atom. The number of rotatable bonds is 9. The van der Waals surface area contributed by atoms with Crippen LogP contribution in [0, 0.1) is 0 Å². The molecule has 1 aromatic rings. The maximum absolute atomic E-state index is 11.9. The third-order valence-electron chi connectivity index (χ3n) is 4.22. The van der Waals surface area contributed by atoms with Crippen LogP contribution in [0.5, 0.6) is 0 Å². The SMILES string of the molecule is CNS(=O)(=O)c1ccc(CCC(=O)NCCCN2CCOCC2)cc1. The molecular weight excluding hydrogens is 342 g/mol. The van der Waals surface area contributed by atoms with E-state index in [4.69, 9.17) is 4.74 Å². The van der Waals surface area contributed by atoms with Crippen LogP contribution in [0.2, 0.25) is 0 Å². The molecule has 2 N–H and O–H groups in total. The molecule has 1 aromatic carbocycles. The first kappa shape index (κ1) is 19.8. The van der Waals surface area contributed by atoms with Crippen molar-refractivity contribution in [2.45, 2.75) is 24.2 Å². The topological polar surface area (TPSA) is 87.7 Å². The number of morpholine rings is 1. The Hall–Kier alpha value is -1.48. The van der Waals surface area contributed by atoms with Gasteiger partial charge in [0.1, 0.15) is 0 Å². The highest BCUT2D eigenvalue weighted by Gasteiger charge is 2.11. The number of carbonyl (C=O) groups excluding carboxylic acids is 1. The monoisotopic (exact) mass is 369 g/mol. The van der Waals surface area contributed by atoms with Crippen molar-refractivity contribution in [3.63, 3.8) is 0 Å². The Morgan fingerprint density at radius 2 is 1.88 bits per heavy atom. The number of nitrogens with one attached hydrogen (secondary N) is 2. The third kappa shape index (κ3) is 6.74. The second-order valence-electron chi connectivity index (χ2n) is 6.01. The zero-order valence-electron chi connectivity index (χ0n) is 14.7. The van der Waals surface area contributed by atoms with Gasteiger partial charge in [0.05, 0.1) is 18.1 Å². The quantitative estimate of drug-likeness (QED) is 0.614. The molecule has 1 aliphatic rings. The number of benzene rings is 1. The maximum atomic E-state index is 11.9. The third-order valence-corrected chi connectivity index (χ3v) is 5.65. The lowest BCUT2D eigenvalue weighted by Crippen LogP contribution is -2.38. The minimum absolute atomic E-state index is 0.0221. The molecule has 0 atom stereocenters. The highest BCUT2D eigenvalue weighted by Crippen LogP contribution is 2.11. The highest BCUT2D eigenvalue weighted by molar-refractivity contribution is 7.89. The van der Waals surface area contributed by atoms with E-state index in [1.807, 2.05) is 0 Å². The summed E-state index contributed by atoms with van der Waals surface area (Å²) in [7, 11) is -2.03. The van der Waals surface area contributed by atoms with E-state index in [-0.39, 0.29) is 10.8 Å². The van der Waals surface area contributed by atoms with Crippen molar-refractivity contribution in [3.05, 3.63) is 29.8 Å². The Morgan fingerprint density at radius 1 is 1.20 bits per heavy atom. The summed E-state index contributed by atoms with van der Waals surface area (Å²) in [5.74, 6) is 0.0221. The largest absolute Gasteiger partial charge is 0.379 e. The minimum atomic E-state index is -3.41. The van der Waals surface area contributed by atoms with Gasteiger partial charge in [-0.1, -0.05) is 12.1 Å². The van der Waals surface area contributed by atoms with Crippen LogP contribution in [-0.2, 0) is 26.0 Å². The van der Waals surface area contributed by atoms with Crippen molar-refractivity contribution in [3.8, 4) is 0 Å². The summed E-state index contributed by atoms with van der Waals surface area (Å²) in [6, 6.07) is 6.61. The van der Waals surface area contributed by atoms with Crippen LogP contribution in [0.4, 0.5) is 0 Å². The molecule has 1 aliphatic heterocycles. The van der Waals surface area contributed by atoms with Crippen molar-refractivity contribution in [1.82, 2.24) is 14.9 Å². The molecule has 7 nitrogen and oxygen atoms in total. The van der Waals surface area contributed by atoms with Gasteiger partial charge in [-0.05, 0) is 44.1 Å². The van der Waals surface area contributed by atoms with Crippen molar-refractivity contribution in [2.75, 3.05) is 46.4 Å². The molecule has 0 unspecified atom stereocenters. The number of ether oxygens (including phenoxy) is 1. The first-order valence-corrected chi connectivity index (χ1v) is 10.1. The van der Waals surface area contributed by atoms with Crippen molar-refractivity contribution < 1.29 is 17.9 Å². The Kier molecular flexibility index (Phi) is 7.83. The van der Waals surface area contributed by atoms with Crippen LogP contribution in [0.1, 0.15) is 18.4 Å². The fourth-order valence-corrected chi connectivity index (χ4v) is 3.38. The van der Waals surface area contributed by atoms with Gasteiger partial charge in [0.15, 0.2) is 0 Å². The van der Waals surface area contributed by atoms with Crippen LogP contribution in [0.15, 0.2) is 29.2 Å². The molecule has 1 amide bonds. The summed E-state index contributed by atoms with van der Waals surface area (Å²) in [4.78, 5) is 14.5. The number of sulfonamides is 1. The van der Waals surface area contributed by atoms with Gasteiger partial charge in [0.25, 0.3) is 0 Å². The van der Waals surface area contributed by atoms with Gasteiger partial charge in [-0.3, -0.25) is 9.69 Å². The number of aryl methyl sites for hydroxylation is 1. The number of hydrogen-bond donors (Lipinski definition) is 2. The predicted molar refractivity (Wildman–Crippen MR) is 95.9 cm³/mol. The Bertz CT molecular complexity index is 640. The number of amides is 1. The summed E-state index contributed by atoms with van der Waals surface area (Å²) in [6.45, 7) is 5.17. The van der Waals surface area contributed by atoms with Crippen molar-refractivity contribution >= 4 is 15.9 Å². The molecule has 1 saturated heterocycles. The normalized spacial score (nSPS) is 15.9. The summed E-state index contributed by atoms with van der Waals surface area (Å²) in [5, 5.41) is 2.93. The lowest BCUT2D eigenvalue weighted by molar-refractivity contribution is -0.121. The minimum Gasteiger partial charge on any atom is -0.379 e. The van der Waals surface area contributed by atoms with E-state index in [0.717, 1.165) is 44.8 Å². The summed E-state index contributed by atoms with van der Waals surface area (Å²) in [6.07, 6.45) is 1.92. The molecular formula is C17H27N3O4S. The Labute approximate surface area is 149 Å². The van der Waals surface area contributed by atoms with Crippen molar-refractivity contribution in [2.24, 2.45) is 0 Å². The first-order valence-electron chi connectivity index (χ1n) is 8.60. The molecule has 1 heterocycles. The Balaban J connectivity index is 1.64. The van der Waals surface area contributed by atoms with Gasteiger partial charge in [0, 0.05) is 26.1 Å². The molecule has 0 spiro atoms. The number of carbonyl (C=O) groups is 1. The van der Waals surface area contributed by atoms with Gasteiger partial charge in [0.2, 0.25) is 15.9 Å². The van der Waals surface area contributed by atoms with E-state index < -0.39 is 10.0 Å². The second kappa shape index (κ2) is 9.86.